The molecule has 6 heteroatoms. The van der Waals surface area contributed by atoms with E-state index < -0.39 is 5.97 Å². The molecular weight excluding hydrogens is 200 g/mol. The lowest BCUT2D eigenvalue weighted by Gasteiger charge is -2.17. The van der Waals surface area contributed by atoms with Crippen LogP contribution in [-0.2, 0) is 9.53 Å². The second kappa shape index (κ2) is 5.06. The summed E-state index contributed by atoms with van der Waals surface area (Å²) >= 11 is 0. The Labute approximate surface area is 86.1 Å². The largest absolute Gasteiger partial charge is 0.462 e. The van der Waals surface area contributed by atoms with Crippen LogP contribution in [0.2, 0.25) is 0 Å². The Bertz CT molecular complexity index is 357. The number of nitrogens with zero attached hydrogens (tertiary/aromatic N) is 2. The van der Waals surface area contributed by atoms with Crippen molar-refractivity contribution in [2.75, 3.05) is 6.61 Å². The van der Waals surface area contributed by atoms with Crippen LogP contribution in [0.15, 0.2) is 41.0 Å². The predicted octanol–water partition coefficient (Wildman–Crippen LogP) is 1.30. The van der Waals surface area contributed by atoms with Gasteiger partial charge in [-0.3, -0.25) is 5.21 Å². The molecule has 0 atom stereocenters. The summed E-state index contributed by atoms with van der Waals surface area (Å²) in [5, 5.41) is 12.5. The van der Waals surface area contributed by atoms with Crippen molar-refractivity contribution in [2.24, 2.45) is 5.18 Å². The first kappa shape index (κ1) is 11.1. The van der Waals surface area contributed by atoms with E-state index in [4.69, 9.17) is 4.74 Å². The van der Waals surface area contributed by atoms with Gasteiger partial charge in [0.2, 0.25) is 0 Å². The summed E-state index contributed by atoms with van der Waals surface area (Å²) in [6.45, 7) is 1.94. The minimum Gasteiger partial charge on any atom is -0.462 e. The average Bonchev–Trinajstić information content (AvgIpc) is 2.21. The SMILES string of the molecule is CCOC(=O)C1=CN(O)/C(=C/N=O)C=C1. The van der Waals surface area contributed by atoms with Crippen LogP contribution in [-0.4, -0.2) is 22.8 Å². The quantitative estimate of drug-likeness (QED) is 0.561. The average molecular weight is 210 g/mol. The third-order valence-electron chi connectivity index (χ3n) is 1.66. The van der Waals surface area contributed by atoms with Gasteiger partial charge >= 0.3 is 5.97 Å². The van der Waals surface area contributed by atoms with E-state index >= 15 is 0 Å². The van der Waals surface area contributed by atoms with Gasteiger partial charge in [-0.1, -0.05) is 0 Å². The second-order valence-electron chi connectivity index (χ2n) is 2.64. The molecule has 0 aromatic carbocycles. The highest BCUT2D eigenvalue weighted by molar-refractivity contribution is 5.91. The monoisotopic (exact) mass is 210 g/mol. The molecule has 0 aromatic rings. The van der Waals surface area contributed by atoms with Gasteiger partial charge in [0.05, 0.1) is 24.1 Å². The zero-order valence-corrected chi connectivity index (χ0v) is 8.08. The van der Waals surface area contributed by atoms with E-state index in [0.29, 0.717) is 5.06 Å². The molecule has 0 fully saturated rings. The van der Waals surface area contributed by atoms with Crippen LogP contribution < -0.4 is 0 Å². The van der Waals surface area contributed by atoms with Crippen molar-refractivity contribution in [3.63, 3.8) is 0 Å². The van der Waals surface area contributed by atoms with E-state index in [-0.39, 0.29) is 17.9 Å². The highest BCUT2D eigenvalue weighted by atomic mass is 16.5. The Hall–Kier alpha value is -1.95. The van der Waals surface area contributed by atoms with Crippen LogP contribution in [0, 0.1) is 4.91 Å². The Morgan fingerprint density at radius 2 is 2.40 bits per heavy atom. The Morgan fingerprint density at radius 1 is 1.67 bits per heavy atom. The maximum absolute atomic E-state index is 11.2. The summed E-state index contributed by atoms with van der Waals surface area (Å²) in [5.74, 6) is -0.536. The van der Waals surface area contributed by atoms with Crippen molar-refractivity contribution in [1.82, 2.24) is 5.06 Å². The number of nitroso groups, excluding NO2 is 1. The molecule has 0 amide bonds. The molecule has 1 aliphatic heterocycles. The van der Waals surface area contributed by atoms with Gasteiger partial charge in [0, 0.05) is 6.20 Å². The first-order valence-corrected chi connectivity index (χ1v) is 4.26. The van der Waals surface area contributed by atoms with Gasteiger partial charge < -0.3 is 4.74 Å². The van der Waals surface area contributed by atoms with Crippen LogP contribution >= 0.6 is 0 Å². The van der Waals surface area contributed by atoms with E-state index in [1.165, 1.54) is 12.2 Å². The van der Waals surface area contributed by atoms with Crippen LogP contribution in [0.3, 0.4) is 0 Å². The van der Waals surface area contributed by atoms with Crippen LogP contribution in [0.1, 0.15) is 6.92 Å². The number of carbonyl (C=O) groups is 1. The fourth-order valence-electron chi connectivity index (χ4n) is 0.992. The van der Waals surface area contributed by atoms with Gasteiger partial charge in [0.25, 0.3) is 0 Å². The molecule has 0 radical (unpaired) electrons. The molecule has 6 nitrogen and oxygen atoms in total. The second-order valence-corrected chi connectivity index (χ2v) is 2.64. The standard InChI is InChI=1S/C9H10N2O4/c1-2-15-9(12)7-3-4-8(5-10-13)11(14)6-7/h3-6,14H,2H2,1H3/b8-5+. The molecule has 0 saturated carbocycles. The van der Waals surface area contributed by atoms with Gasteiger partial charge in [-0.15, -0.1) is 4.91 Å². The zero-order chi connectivity index (χ0) is 11.3. The first-order valence-electron chi connectivity index (χ1n) is 4.26. The molecule has 0 saturated heterocycles. The number of ether oxygens (including phenoxy) is 1. The molecule has 15 heavy (non-hydrogen) atoms. The van der Waals surface area contributed by atoms with E-state index in [1.54, 1.807) is 6.92 Å². The summed E-state index contributed by atoms with van der Waals surface area (Å²) in [6.07, 6.45) is 4.89. The third kappa shape index (κ3) is 2.75. The van der Waals surface area contributed by atoms with Crippen molar-refractivity contribution in [3.05, 3.63) is 40.7 Å². The lowest BCUT2D eigenvalue weighted by Crippen LogP contribution is -2.17. The van der Waals surface area contributed by atoms with Crippen molar-refractivity contribution >= 4 is 5.97 Å². The first-order chi connectivity index (χ1) is 7.19. The number of hydrogen-bond acceptors (Lipinski definition) is 6. The minimum atomic E-state index is -0.536. The van der Waals surface area contributed by atoms with Crippen molar-refractivity contribution in [1.29, 1.82) is 0 Å². The Kier molecular flexibility index (Phi) is 3.75. The van der Waals surface area contributed by atoms with Gasteiger partial charge in [-0.05, 0) is 24.3 Å². The Balaban J connectivity index is 2.79. The molecule has 0 unspecified atom stereocenters. The molecule has 80 valence electrons. The van der Waals surface area contributed by atoms with E-state index in [1.807, 2.05) is 0 Å². The van der Waals surface area contributed by atoms with Gasteiger partial charge in [-0.25, -0.2) is 9.86 Å². The molecule has 0 spiro atoms. The summed E-state index contributed by atoms with van der Waals surface area (Å²) < 4.78 is 4.72. The van der Waals surface area contributed by atoms with Crippen LogP contribution in [0.25, 0.3) is 0 Å². The summed E-state index contributed by atoms with van der Waals surface area (Å²) in [7, 11) is 0. The molecule has 0 aromatic heterocycles. The van der Waals surface area contributed by atoms with E-state index in [0.717, 1.165) is 12.4 Å². The molecule has 1 heterocycles. The predicted molar refractivity (Wildman–Crippen MR) is 51.4 cm³/mol. The van der Waals surface area contributed by atoms with Crippen molar-refractivity contribution in [3.8, 4) is 0 Å². The highest BCUT2D eigenvalue weighted by Gasteiger charge is 2.14. The number of carbonyl (C=O) groups excluding carboxylic acids is 1. The minimum absolute atomic E-state index is 0.179. The fourth-order valence-corrected chi connectivity index (χ4v) is 0.992. The summed E-state index contributed by atoms with van der Waals surface area (Å²) in [5.41, 5.74) is 0.375. The lowest BCUT2D eigenvalue weighted by atomic mass is 10.2. The van der Waals surface area contributed by atoms with Crippen LogP contribution in [0.5, 0.6) is 0 Å². The van der Waals surface area contributed by atoms with Crippen molar-refractivity contribution in [2.45, 2.75) is 6.92 Å². The zero-order valence-electron chi connectivity index (χ0n) is 8.08. The number of hydroxylamine groups is 2. The smallest absolute Gasteiger partial charge is 0.339 e. The third-order valence-corrected chi connectivity index (χ3v) is 1.66. The number of esters is 1. The van der Waals surface area contributed by atoms with E-state index in [2.05, 4.69) is 5.18 Å². The topological polar surface area (TPSA) is 79.2 Å². The Morgan fingerprint density at radius 3 is 2.93 bits per heavy atom. The highest BCUT2D eigenvalue weighted by Crippen LogP contribution is 2.15. The maximum atomic E-state index is 11.2. The summed E-state index contributed by atoms with van der Waals surface area (Å²) in [4.78, 5) is 21.2. The van der Waals surface area contributed by atoms with Crippen molar-refractivity contribution < 1.29 is 14.7 Å². The maximum Gasteiger partial charge on any atom is 0.339 e. The van der Waals surface area contributed by atoms with Gasteiger partial charge in [-0.2, -0.15) is 0 Å². The molecule has 1 rings (SSSR count). The van der Waals surface area contributed by atoms with E-state index in [9.17, 15) is 14.9 Å². The van der Waals surface area contributed by atoms with Gasteiger partial charge in [0.15, 0.2) is 0 Å². The molecule has 0 aliphatic carbocycles. The molecular formula is C9H10N2O4. The molecule has 1 aliphatic rings. The molecule has 1 N–H and O–H groups in total. The van der Waals surface area contributed by atoms with Crippen LogP contribution in [0.4, 0.5) is 0 Å². The lowest BCUT2D eigenvalue weighted by molar-refractivity contribution is -0.138. The molecule has 0 bridgehead atoms. The number of allylic oxidation sites excluding steroid dienone is 1. The normalized spacial score (nSPS) is 17.6. The summed E-state index contributed by atoms with van der Waals surface area (Å²) in [6, 6.07) is 0. The van der Waals surface area contributed by atoms with Gasteiger partial charge in [0.1, 0.15) is 0 Å². The fraction of sp³-hybridized carbons (Fsp3) is 0.222. The number of hydrogen-bond donors (Lipinski definition) is 1. The number of rotatable bonds is 3.